The average molecular weight is 221 g/mol. The SMILES string of the molecule is N=C1NC(=N)c2c1cccc2-c1ccccc1. The Balaban J connectivity index is 2.27. The number of fused-ring (bicyclic) bond motifs is 1. The zero-order valence-corrected chi connectivity index (χ0v) is 9.12. The second kappa shape index (κ2) is 3.56. The van der Waals surface area contributed by atoms with Gasteiger partial charge in [0.2, 0.25) is 0 Å². The molecule has 3 N–H and O–H groups in total. The highest BCUT2D eigenvalue weighted by atomic mass is 15.0. The molecular weight excluding hydrogens is 210 g/mol. The van der Waals surface area contributed by atoms with Crippen molar-refractivity contribution >= 4 is 11.7 Å². The van der Waals surface area contributed by atoms with E-state index >= 15 is 0 Å². The summed E-state index contributed by atoms with van der Waals surface area (Å²) in [5, 5.41) is 18.4. The zero-order valence-electron chi connectivity index (χ0n) is 9.12. The van der Waals surface area contributed by atoms with Crippen molar-refractivity contribution in [3.8, 4) is 11.1 Å². The number of hydrogen-bond acceptors (Lipinski definition) is 2. The highest BCUT2D eigenvalue weighted by molar-refractivity contribution is 6.25. The monoisotopic (exact) mass is 221 g/mol. The van der Waals surface area contributed by atoms with Crippen molar-refractivity contribution in [3.63, 3.8) is 0 Å². The van der Waals surface area contributed by atoms with Crippen LogP contribution in [0.15, 0.2) is 48.5 Å². The Bertz CT molecular complexity index is 615. The first-order valence-electron chi connectivity index (χ1n) is 5.40. The van der Waals surface area contributed by atoms with E-state index in [9.17, 15) is 0 Å². The fraction of sp³-hybridized carbons (Fsp3) is 0. The molecule has 1 aliphatic heterocycles. The number of rotatable bonds is 1. The van der Waals surface area contributed by atoms with E-state index in [4.69, 9.17) is 10.8 Å². The van der Waals surface area contributed by atoms with E-state index in [0.29, 0.717) is 11.7 Å². The summed E-state index contributed by atoms with van der Waals surface area (Å²) in [6.07, 6.45) is 0. The molecule has 0 amide bonds. The van der Waals surface area contributed by atoms with Crippen LogP contribution < -0.4 is 5.32 Å². The largest absolute Gasteiger partial charge is 0.325 e. The summed E-state index contributed by atoms with van der Waals surface area (Å²) in [5.41, 5.74) is 3.70. The van der Waals surface area contributed by atoms with Crippen LogP contribution in [-0.2, 0) is 0 Å². The van der Waals surface area contributed by atoms with Gasteiger partial charge in [0.25, 0.3) is 0 Å². The maximum absolute atomic E-state index is 7.90. The van der Waals surface area contributed by atoms with Gasteiger partial charge in [-0.15, -0.1) is 0 Å². The van der Waals surface area contributed by atoms with Crippen LogP contribution in [0, 0.1) is 10.8 Å². The molecule has 3 heteroatoms. The number of benzene rings is 2. The highest BCUT2D eigenvalue weighted by Crippen LogP contribution is 2.28. The first kappa shape index (κ1) is 9.78. The van der Waals surface area contributed by atoms with Gasteiger partial charge in [-0.25, -0.2) is 0 Å². The Morgan fingerprint density at radius 1 is 0.706 bits per heavy atom. The molecule has 3 rings (SSSR count). The maximum Gasteiger partial charge on any atom is 0.132 e. The second-order valence-electron chi connectivity index (χ2n) is 3.97. The fourth-order valence-electron chi connectivity index (χ4n) is 2.14. The van der Waals surface area contributed by atoms with Crippen LogP contribution in [0.2, 0.25) is 0 Å². The highest BCUT2D eigenvalue weighted by Gasteiger charge is 2.23. The van der Waals surface area contributed by atoms with Gasteiger partial charge >= 0.3 is 0 Å². The third kappa shape index (κ3) is 1.44. The van der Waals surface area contributed by atoms with Crippen LogP contribution >= 0.6 is 0 Å². The molecule has 3 nitrogen and oxygen atoms in total. The Labute approximate surface area is 99.1 Å². The van der Waals surface area contributed by atoms with E-state index in [-0.39, 0.29) is 0 Å². The van der Waals surface area contributed by atoms with Crippen LogP contribution in [0.1, 0.15) is 11.1 Å². The van der Waals surface area contributed by atoms with Crippen molar-refractivity contribution in [3.05, 3.63) is 59.7 Å². The summed E-state index contributed by atoms with van der Waals surface area (Å²) < 4.78 is 0. The van der Waals surface area contributed by atoms with Crippen LogP contribution in [-0.4, -0.2) is 11.7 Å². The molecule has 1 heterocycles. The molecule has 0 radical (unpaired) electrons. The van der Waals surface area contributed by atoms with Gasteiger partial charge in [0.1, 0.15) is 11.7 Å². The molecule has 2 aromatic rings. The third-order valence-electron chi connectivity index (χ3n) is 2.92. The summed E-state index contributed by atoms with van der Waals surface area (Å²) in [6, 6.07) is 15.8. The molecule has 0 spiro atoms. The predicted molar refractivity (Wildman–Crippen MR) is 68.7 cm³/mol. The van der Waals surface area contributed by atoms with Crippen molar-refractivity contribution in [1.82, 2.24) is 5.32 Å². The van der Waals surface area contributed by atoms with Gasteiger partial charge in [0.05, 0.1) is 0 Å². The molecular formula is C14H11N3. The van der Waals surface area contributed by atoms with E-state index in [1.54, 1.807) is 0 Å². The van der Waals surface area contributed by atoms with Crippen molar-refractivity contribution in [2.45, 2.75) is 0 Å². The third-order valence-corrected chi connectivity index (χ3v) is 2.92. The van der Waals surface area contributed by atoms with E-state index < -0.39 is 0 Å². The summed E-state index contributed by atoms with van der Waals surface area (Å²) in [5.74, 6) is 0.618. The number of hydrogen-bond donors (Lipinski definition) is 3. The van der Waals surface area contributed by atoms with Crippen LogP contribution in [0.3, 0.4) is 0 Å². The molecule has 0 bridgehead atoms. The Morgan fingerprint density at radius 2 is 1.41 bits per heavy atom. The molecule has 0 saturated carbocycles. The van der Waals surface area contributed by atoms with Crippen molar-refractivity contribution in [2.75, 3.05) is 0 Å². The van der Waals surface area contributed by atoms with Crippen molar-refractivity contribution in [1.29, 1.82) is 10.8 Å². The smallest absolute Gasteiger partial charge is 0.132 e. The zero-order chi connectivity index (χ0) is 11.8. The summed E-state index contributed by atoms with van der Waals surface area (Å²) in [7, 11) is 0. The van der Waals surface area contributed by atoms with Crippen LogP contribution in [0.4, 0.5) is 0 Å². The van der Waals surface area contributed by atoms with Crippen molar-refractivity contribution in [2.24, 2.45) is 0 Å². The Morgan fingerprint density at radius 3 is 2.18 bits per heavy atom. The second-order valence-corrected chi connectivity index (χ2v) is 3.97. The Hall–Kier alpha value is -2.42. The van der Waals surface area contributed by atoms with Gasteiger partial charge in [-0.1, -0.05) is 48.5 Å². The lowest BCUT2D eigenvalue weighted by atomic mass is 9.96. The minimum Gasteiger partial charge on any atom is -0.325 e. The first-order chi connectivity index (χ1) is 8.27. The van der Waals surface area contributed by atoms with Crippen LogP contribution in [0.25, 0.3) is 11.1 Å². The fourth-order valence-corrected chi connectivity index (χ4v) is 2.14. The van der Waals surface area contributed by atoms with Gasteiger partial charge in [-0.2, -0.15) is 0 Å². The summed E-state index contributed by atoms with van der Waals surface area (Å²) in [6.45, 7) is 0. The molecule has 0 aromatic heterocycles. The van der Waals surface area contributed by atoms with Gasteiger partial charge in [0.15, 0.2) is 0 Å². The maximum atomic E-state index is 7.90. The van der Waals surface area contributed by atoms with E-state index in [0.717, 1.165) is 22.3 Å². The van der Waals surface area contributed by atoms with E-state index in [2.05, 4.69) is 5.32 Å². The molecule has 82 valence electrons. The van der Waals surface area contributed by atoms with Crippen LogP contribution in [0.5, 0.6) is 0 Å². The molecule has 1 aliphatic rings. The van der Waals surface area contributed by atoms with Gasteiger partial charge in [-0.3, -0.25) is 10.8 Å². The minimum atomic E-state index is 0.308. The van der Waals surface area contributed by atoms with Crippen molar-refractivity contribution < 1.29 is 0 Å². The van der Waals surface area contributed by atoms with Gasteiger partial charge in [0, 0.05) is 11.1 Å². The molecule has 0 atom stereocenters. The lowest BCUT2D eigenvalue weighted by Gasteiger charge is -2.06. The lowest BCUT2D eigenvalue weighted by molar-refractivity contribution is 1.29. The average Bonchev–Trinajstić information content (AvgIpc) is 2.66. The van der Waals surface area contributed by atoms with E-state index in [1.165, 1.54) is 0 Å². The molecule has 0 fully saturated rings. The first-order valence-corrected chi connectivity index (χ1v) is 5.40. The summed E-state index contributed by atoms with van der Waals surface area (Å²) in [4.78, 5) is 0. The standard InChI is InChI=1S/C14H11N3/c15-13-11-8-4-7-10(12(11)14(16)17-13)9-5-2-1-3-6-9/h1-8H,(H3,15,16,17). The number of amidine groups is 2. The number of nitrogens with one attached hydrogen (secondary N) is 3. The van der Waals surface area contributed by atoms with Gasteiger partial charge < -0.3 is 5.32 Å². The molecule has 0 aliphatic carbocycles. The Kier molecular flexibility index (Phi) is 2.05. The normalized spacial score (nSPS) is 13.4. The quantitative estimate of drug-likeness (QED) is 0.681. The molecule has 0 unspecified atom stereocenters. The van der Waals surface area contributed by atoms with Gasteiger partial charge in [-0.05, 0) is 11.1 Å². The topological polar surface area (TPSA) is 59.7 Å². The minimum absolute atomic E-state index is 0.308. The predicted octanol–water partition coefficient (Wildman–Crippen LogP) is 2.61. The molecule has 2 aromatic carbocycles. The molecule has 0 saturated heterocycles. The van der Waals surface area contributed by atoms with E-state index in [1.807, 2.05) is 48.5 Å². The molecule has 17 heavy (non-hydrogen) atoms. The summed E-state index contributed by atoms with van der Waals surface area (Å²) >= 11 is 0. The lowest BCUT2D eigenvalue weighted by Crippen LogP contribution is -2.20.